The normalized spacial score (nSPS) is 12.6. The van der Waals surface area contributed by atoms with Crippen molar-refractivity contribution in [2.24, 2.45) is 0 Å². The van der Waals surface area contributed by atoms with Crippen molar-refractivity contribution in [3.63, 3.8) is 0 Å². The fraction of sp³-hybridized carbons (Fsp3) is 0.417. The van der Waals surface area contributed by atoms with E-state index in [0.29, 0.717) is 10.5 Å². The van der Waals surface area contributed by atoms with Gasteiger partial charge >= 0.3 is 0 Å². The summed E-state index contributed by atoms with van der Waals surface area (Å²) in [6.07, 6.45) is 0. The summed E-state index contributed by atoms with van der Waals surface area (Å²) in [7, 11) is 3.96. The third kappa shape index (κ3) is 3.87. The van der Waals surface area contributed by atoms with Gasteiger partial charge in [0.25, 0.3) is 5.91 Å². The molecule has 16 heavy (non-hydrogen) atoms. The molecular weight excluding hydrogens is 220 g/mol. The van der Waals surface area contributed by atoms with E-state index in [9.17, 15) is 4.79 Å². The highest BCUT2D eigenvalue weighted by molar-refractivity contribution is 7.80. The number of thiol groups is 1. The molecule has 0 radical (unpaired) electrons. The maximum absolute atomic E-state index is 11.9. The Morgan fingerprint density at radius 3 is 2.62 bits per heavy atom. The molecule has 88 valence electrons. The van der Waals surface area contributed by atoms with Crippen molar-refractivity contribution in [2.45, 2.75) is 17.9 Å². The zero-order chi connectivity index (χ0) is 12.1. The molecule has 0 heterocycles. The Hall–Kier alpha value is -1.00. The largest absolute Gasteiger partial charge is 0.348 e. The van der Waals surface area contributed by atoms with Crippen molar-refractivity contribution in [3.05, 3.63) is 29.8 Å². The first-order valence-corrected chi connectivity index (χ1v) is 5.69. The number of hydrogen-bond acceptors (Lipinski definition) is 3. The summed E-state index contributed by atoms with van der Waals surface area (Å²) in [5, 5.41) is 2.94. The van der Waals surface area contributed by atoms with Crippen LogP contribution in [0.25, 0.3) is 0 Å². The molecule has 0 fully saturated rings. The highest BCUT2D eigenvalue weighted by Gasteiger charge is 2.12. The van der Waals surface area contributed by atoms with Crippen LogP contribution in [0.3, 0.4) is 0 Å². The first-order chi connectivity index (χ1) is 7.50. The van der Waals surface area contributed by atoms with Crippen molar-refractivity contribution in [3.8, 4) is 0 Å². The van der Waals surface area contributed by atoms with E-state index >= 15 is 0 Å². The first-order valence-electron chi connectivity index (χ1n) is 5.24. The van der Waals surface area contributed by atoms with Gasteiger partial charge in [-0.2, -0.15) is 0 Å². The topological polar surface area (TPSA) is 32.3 Å². The van der Waals surface area contributed by atoms with Gasteiger partial charge < -0.3 is 10.2 Å². The van der Waals surface area contributed by atoms with E-state index in [0.717, 1.165) is 6.54 Å². The summed E-state index contributed by atoms with van der Waals surface area (Å²) in [6, 6.07) is 7.41. The monoisotopic (exact) mass is 238 g/mol. The van der Waals surface area contributed by atoms with Crippen LogP contribution in [0.15, 0.2) is 29.2 Å². The van der Waals surface area contributed by atoms with E-state index in [4.69, 9.17) is 0 Å². The van der Waals surface area contributed by atoms with Crippen molar-refractivity contribution in [1.29, 1.82) is 0 Å². The van der Waals surface area contributed by atoms with Crippen LogP contribution in [0.4, 0.5) is 0 Å². The van der Waals surface area contributed by atoms with E-state index in [-0.39, 0.29) is 11.9 Å². The number of hydrogen-bond donors (Lipinski definition) is 2. The standard InChI is InChI=1S/C12H18N2OS/c1-9(8-14(2)3)13-12(15)10-6-4-5-7-11(10)16/h4-7,9,16H,8H2,1-3H3,(H,13,15). The van der Waals surface area contributed by atoms with Crippen LogP contribution in [0.5, 0.6) is 0 Å². The number of nitrogens with zero attached hydrogens (tertiary/aromatic N) is 1. The van der Waals surface area contributed by atoms with E-state index in [1.807, 2.05) is 44.1 Å². The van der Waals surface area contributed by atoms with Crippen LogP contribution in [-0.2, 0) is 0 Å². The summed E-state index contributed by atoms with van der Waals surface area (Å²) in [5.41, 5.74) is 0.622. The molecule has 0 spiro atoms. The first kappa shape index (κ1) is 13.1. The molecule has 1 atom stereocenters. The van der Waals surface area contributed by atoms with E-state index in [1.54, 1.807) is 6.07 Å². The third-order valence-electron chi connectivity index (χ3n) is 2.17. The van der Waals surface area contributed by atoms with Crippen LogP contribution in [0.1, 0.15) is 17.3 Å². The Balaban J connectivity index is 2.63. The minimum absolute atomic E-state index is 0.0695. The van der Waals surface area contributed by atoms with Crippen molar-refractivity contribution < 1.29 is 4.79 Å². The minimum atomic E-state index is -0.0695. The van der Waals surface area contributed by atoms with E-state index in [2.05, 4.69) is 17.9 Å². The number of nitrogens with one attached hydrogen (secondary N) is 1. The van der Waals surface area contributed by atoms with Gasteiger partial charge in [-0.1, -0.05) is 12.1 Å². The highest BCUT2D eigenvalue weighted by Crippen LogP contribution is 2.12. The van der Waals surface area contributed by atoms with Gasteiger partial charge in [-0.3, -0.25) is 4.79 Å². The molecule has 3 nitrogen and oxygen atoms in total. The number of amides is 1. The molecule has 1 N–H and O–H groups in total. The number of likely N-dealkylation sites (N-methyl/N-ethyl adjacent to an activating group) is 1. The summed E-state index contributed by atoms with van der Waals surface area (Å²) in [4.78, 5) is 14.6. The number of benzene rings is 1. The Kier molecular flexibility index (Phi) is 4.83. The lowest BCUT2D eigenvalue weighted by Gasteiger charge is -2.18. The molecule has 1 aromatic rings. The Morgan fingerprint density at radius 1 is 1.44 bits per heavy atom. The number of carbonyl (C=O) groups is 1. The molecule has 0 bridgehead atoms. The van der Waals surface area contributed by atoms with Gasteiger partial charge in [-0.15, -0.1) is 12.6 Å². The molecular formula is C12H18N2OS. The van der Waals surface area contributed by atoms with Gasteiger partial charge in [0.2, 0.25) is 0 Å². The predicted molar refractivity (Wildman–Crippen MR) is 69.2 cm³/mol. The Bertz CT molecular complexity index is 366. The predicted octanol–water partition coefficient (Wildman–Crippen LogP) is 1.66. The van der Waals surface area contributed by atoms with Crippen molar-refractivity contribution >= 4 is 18.5 Å². The van der Waals surface area contributed by atoms with Crippen molar-refractivity contribution in [2.75, 3.05) is 20.6 Å². The average molecular weight is 238 g/mol. The lowest BCUT2D eigenvalue weighted by Crippen LogP contribution is -2.39. The Morgan fingerprint density at radius 2 is 2.06 bits per heavy atom. The molecule has 1 rings (SSSR count). The second-order valence-corrected chi connectivity index (χ2v) is 4.64. The van der Waals surface area contributed by atoms with Gasteiger partial charge in [-0.25, -0.2) is 0 Å². The fourth-order valence-electron chi connectivity index (χ4n) is 1.56. The van der Waals surface area contributed by atoms with Gasteiger partial charge in [0, 0.05) is 17.5 Å². The summed E-state index contributed by atoms with van der Waals surface area (Å²) in [6.45, 7) is 2.81. The van der Waals surface area contributed by atoms with Gasteiger partial charge in [-0.05, 0) is 33.2 Å². The molecule has 0 aliphatic heterocycles. The Labute approximate surface area is 102 Å². The zero-order valence-electron chi connectivity index (χ0n) is 9.90. The SMILES string of the molecule is CC(CN(C)C)NC(=O)c1ccccc1S. The van der Waals surface area contributed by atoms with E-state index < -0.39 is 0 Å². The summed E-state index contributed by atoms with van der Waals surface area (Å²) >= 11 is 4.26. The highest BCUT2D eigenvalue weighted by atomic mass is 32.1. The average Bonchev–Trinajstić information content (AvgIpc) is 2.16. The molecule has 1 amide bonds. The molecule has 0 aliphatic carbocycles. The maximum atomic E-state index is 11.9. The van der Waals surface area contributed by atoms with Gasteiger partial charge in [0.15, 0.2) is 0 Å². The zero-order valence-corrected chi connectivity index (χ0v) is 10.8. The fourth-order valence-corrected chi connectivity index (χ4v) is 1.82. The summed E-state index contributed by atoms with van der Waals surface area (Å²) < 4.78 is 0. The quantitative estimate of drug-likeness (QED) is 0.782. The second-order valence-electron chi connectivity index (χ2n) is 4.15. The van der Waals surface area contributed by atoms with Crippen LogP contribution in [0.2, 0.25) is 0 Å². The molecule has 4 heteroatoms. The lowest BCUT2D eigenvalue weighted by atomic mass is 10.2. The van der Waals surface area contributed by atoms with Gasteiger partial charge in [0.05, 0.1) is 5.56 Å². The van der Waals surface area contributed by atoms with Crippen LogP contribution in [-0.4, -0.2) is 37.5 Å². The van der Waals surface area contributed by atoms with Crippen LogP contribution >= 0.6 is 12.6 Å². The molecule has 1 unspecified atom stereocenters. The molecule has 1 aromatic carbocycles. The second kappa shape index (κ2) is 5.92. The van der Waals surface area contributed by atoms with Gasteiger partial charge in [0.1, 0.15) is 0 Å². The smallest absolute Gasteiger partial charge is 0.252 e. The maximum Gasteiger partial charge on any atom is 0.252 e. The van der Waals surface area contributed by atoms with E-state index in [1.165, 1.54) is 0 Å². The minimum Gasteiger partial charge on any atom is -0.348 e. The molecule has 0 saturated carbocycles. The number of rotatable bonds is 4. The van der Waals surface area contributed by atoms with Crippen molar-refractivity contribution in [1.82, 2.24) is 10.2 Å². The third-order valence-corrected chi connectivity index (χ3v) is 2.56. The van der Waals surface area contributed by atoms with Crippen LogP contribution in [0, 0.1) is 0 Å². The number of carbonyl (C=O) groups excluding carboxylic acids is 1. The molecule has 0 aliphatic rings. The van der Waals surface area contributed by atoms with Crippen LogP contribution < -0.4 is 5.32 Å². The molecule has 0 aromatic heterocycles. The lowest BCUT2D eigenvalue weighted by molar-refractivity contribution is 0.0931. The molecule has 0 saturated heterocycles. The summed E-state index contributed by atoms with van der Waals surface area (Å²) in [5.74, 6) is -0.0695.